The average molecular weight is 292 g/mol. The van der Waals surface area contributed by atoms with Gasteiger partial charge in [0, 0.05) is 18.7 Å². The Bertz CT molecular complexity index is 515. The molecule has 0 bridgehead atoms. The first-order valence-corrected chi connectivity index (χ1v) is 6.96. The summed E-state index contributed by atoms with van der Waals surface area (Å²) in [6.45, 7) is 6.50. The molecule has 0 aromatic heterocycles. The molecule has 0 heterocycles. The lowest BCUT2D eigenvalue weighted by molar-refractivity contribution is -0.137. The molecule has 21 heavy (non-hydrogen) atoms. The van der Waals surface area contributed by atoms with Crippen molar-refractivity contribution in [1.82, 2.24) is 9.80 Å². The molecule has 0 aliphatic rings. The number of aryl methyl sites for hydroxylation is 3. The zero-order valence-electron chi connectivity index (χ0n) is 13.4. The number of benzene rings is 1. The molecule has 1 rings (SSSR count). The summed E-state index contributed by atoms with van der Waals surface area (Å²) in [5, 5.41) is 9.02. The maximum Gasteiger partial charge on any atom is 0.323 e. The van der Waals surface area contributed by atoms with E-state index in [0.29, 0.717) is 18.7 Å². The van der Waals surface area contributed by atoms with Crippen LogP contribution in [0.3, 0.4) is 0 Å². The van der Waals surface area contributed by atoms with Crippen molar-refractivity contribution in [3.63, 3.8) is 0 Å². The Morgan fingerprint density at radius 3 is 2.00 bits per heavy atom. The SMILES string of the molecule is Cc1cc(C)c(C(=O)N(CCN(C)C)CC(=O)O)c(C)c1. The van der Waals surface area contributed by atoms with Crippen molar-refractivity contribution in [1.29, 1.82) is 0 Å². The normalized spacial score (nSPS) is 10.8. The van der Waals surface area contributed by atoms with Crippen molar-refractivity contribution in [3.05, 3.63) is 34.4 Å². The number of amides is 1. The quantitative estimate of drug-likeness (QED) is 0.867. The topological polar surface area (TPSA) is 60.9 Å². The summed E-state index contributed by atoms with van der Waals surface area (Å²) in [7, 11) is 3.79. The molecule has 0 unspecified atom stereocenters. The highest BCUT2D eigenvalue weighted by atomic mass is 16.4. The third-order valence-corrected chi connectivity index (χ3v) is 3.32. The molecule has 1 N–H and O–H groups in total. The van der Waals surface area contributed by atoms with Gasteiger partial charge >= 0.3 is 5.97 Å². The number of nitrogens with zero attached hydrogens (tertiary/aromatic N) is 2. The predicted molar refractivity (Wildman–Crippen MR) is 82.7 cm³/mol. The van der Waals surface area contributed by atoms with Crippen LogP contribution in [0, 0.1) is 20.8 Å². The van der Waals surface area contributed by atoms with Gasteiger partial charge < -0.3 is 14.9 Å². The summed E-state index contributed by atoms with van der Waals surface area (Å²) < 4.78 is 0. The molecular weight excluding hydrogens is 268 g/mol. The minimum atomic E-state index is -0.996. The highest BCUT2D eigenvalue weighted by Crippen LogP contribution is 2.18. The molecule has 5 heteroatoms. The number of carbonyl (C=O) groups is 2. The van der Waals surface area contributed by atoms with Gasteiger partial charge in [0.05, 0.1) is 0 Å². The number of likely N-dealkylation sites (N-methyl/N-ethyl adjacent to an activating group) is 1. The summed E-state index contributed by atoms with van der Waals surface area (Å²) >= 11 is 0. The Labute approximate surface area is 126 Å². The summed E-state index contributed by atoms with van der Waals surface area (Å²) in [6.07, 6.45) is 0. The summed E-state index contributed by atoms with van der Waals surface area (Å²) in [6, 6.07) is 3.90. The van der Waals surface area contributed by atoms with Gasteiger partial charge in [0.25, 0.3) is 5.91 Å². The molecule has 0 spiro atoms. The predicted octanol–water partition coefficient (Wildman–Crippen LogP) is 1.70. The van der Waals surface area contributed by atoms with Crippen LogP contribution in [-0.4, -0.2) is 60.5 Å². The Morgan fingerprint density at radius 1 is 1.05 bits per heavy atom. The molecule has 1 aromatic carbocycles. The van der Waals surface area contributed by atoms with Crippen LogP contribution < -0.4 is 0 Å². The van der Waals surface area contributed by atoms with Crippen LogP contribution in [0.5, 0.6) is 0 Å². The molecule has 0 aliphatic heterocycles. The second kappa shape index (κ2) is 7.22. The monoisotopic (exact) mass is 292 g/mol. The van der Waals surface area contributed by atoms with E-state index in [9.17, 15) is 9.59 Å². The number of hydrogen-bond acceptors (Lipinski definition) is 3. The number of aliphatic carboxylic acids is 1. The van der Waals surface area contributed by atoms with Gasteiger partial charge in [-0.15, -0.1) is 0 Å². The van der Waals surface area contributed by atoms with Gasteiger partial charge in [-0.2, -0.15) is 0 Å². The van der Waals surface area contributed by atoms with Gasteiger partial charge in [-0.1, -0.05) is 17.7 Å². The highest BCUT2D eigenvalue weighted by molar-refractivity contribution is 5.98. The van der Waals surface area contributed by atoms with E-state index in [0.717, 1.165) is 16.7 Å². The van der Waals surface area contributed by atoms with Gasteiger partial charge in [-0.05, 0) is 46.0 Å². The van der Waals surface area contributed by atoms with Gasteiger partial charge in [-0.3, -0.25) is 9.59 Å². The maximum atomic E-state index is 12.7. The summed E-state index contributed by atoms with van der Waals surface area (Å²) in [5.41, 5.74) is 3.48. The molecule has 0 aliphatic carbocycles. The first-order valence-electron chi connectivity index (χ1n) is 6.96. The summed E-state index contributed by atoms with van der Waals surface area (Å²) in [5.74, 6) is -1.21. The first-order chi connectivity index (χ1) is 9.72. The second-order valence-corrected chi connectivity index (χ2v) is 5.70. The van der Waals surface area contributed by atoms with Crippen LogP contribution in [0.1, 0.15) is 27.0 Å². The van der Waals surface area contributed by atoms with Crippen molar-refractivity contribution in [2.75, 3.05) is 33.7 Å². The molecule has 0 fully saturated rings. The molecule has 1 amide bonds. The fourth-order valence-electron chi connectivity index (χ4n) is 2.41. The lowest BCUT2D eigenvalue weighted by atomic mass is 9.98. The number of rotatable bonds is 6. The lowest BCUT2D eigenvalue weighted by Crippen LogP contribution is -2.40. The number of carbonyl (C=O) groups excluding carboxylic acids is 1. The van der Waals surface area contributed by atoms with E-state index in [4.69, 9.17) is 5.11 Å². The fraction of sp³-hybridized carbons (Fsp3) is 0.500. The Kier molecular flexibility index (Phi) is 5.90. The molecule has 1 aromatic rings. The molecule has 0 saturated carbocycles. The van der Waals surface area contributed by atoms with Crippen LogP contribution in [0.4, 0.5) is 0 Å². The maximum absolute atomic E-state index is 12.7. The van der Waals surface area contributed by atoms with Crippen molar-refractivity contribution < 1.29 is 14.7 Å². The van der Waals surface area contributed by atoms with E-state index in [1.807, 2.05) is 51.9 Å². The third kappa shape index (κ3) is 4.86. The van der Waals surface area contributed by atoms with Crippen LogP contribution in [0.25, 0.3) is 0 Å². The lowest BCUT2D eigenvalue weighted by Gasteiger charge is -2.24. The van der Waals surface area contributed by atoms with Crippen LogP contribution in [-0.2, 0) is 4.79 Å². The van der Waals surface area contributed by atoms with E-state index in [1.54, 1.807) is 0 Å². The minimum Gasteiger partial charge on any atom is -0.480 e. The second-order valence-electron chi connectivity index (χ2n) is 5.70. The third-order valence-electron chi connectivity index (χ3n) is 3.32. The number of carboxylic acids is 1. The average Bonchev–Trinajstić information content (AvgIpc) is 2.32. The Balaban J connectivity index is 3.07. The van der Waals surface area contributed by atoms with Gasteiger partial charge in [0.1, 0.15) is 6.54 Å². The van der Waals surface area contributed by atoms with Crippen LogP contribution in [0.15, 0.2) is 12.1 Å². The van der Waals surface area contributed by atoms with E-state index in [-0.39, 0.29) is 12.5 Å². The molecule has 116 valence electrons. The van der Waals surface area contributed by atoms with Gasteiger partial charge in [0.15, 0.2) is 0 Å². The van der Waals surface area contributed by atoms with Crippen molar-refractivity contribution in [3.8, 4) is 0 Å². The zero-order chi connectivity index (χ0) is 16.2. The van der Waals surface area contributed by atoms with E-state index >= 15 is 0 Å². The smallest absolute Gasteiger partial charge is 0.323 e. The summed E-state index contributed by atoms with van der Waals surface area (Å²) in [4.78, 5) is 27.0. The standard InChI is InChI=1S/C16H24N2O3/c1-11-8-12(2)15(13(3)9-11)16(21)18(10-14(19)20)7-6-17(4)5/h8-9H,6-7,10H2,1-5H3,(H,19,20). The Morgan fingerprint density at radius 2 is 1.57 bits per heavy atom. The fourth-order valence-corrected chi connectivity index (χ4v) is 2.41. The Hall–Kier alpha value is -1.88. The van der Waals surface area contributed by atoms with Crippen molar-refractivity contribution >= 4 is 11.9 Å². The van der Waals surface area contributed by atoms with E-state index in [1.165, 1.54) is 4.90 Å². The van der Waals surface area contributed by atoms with Crippen LogP contribution in [0.2, 0.25) is 0 Å². The van der Waals surface area contributed by atoms with Crippen molar-refractivity contribution in [2.24, 2.45) is 0 Å². The van der Waals surface area contributed by atoms with Crippen LogP contribution >= 0.6 is 0 Å². The minimum absolute atomic E-state index is 0.214. The molecule has 5 nitrogen and oxygen atoms in total. The number of hydrogen-bond donors (Lipinski definition) is 1. The highest BCUT2D eigenvalue weighted by Gasteiger charge is 2.21. The van der Waals surface area contributed by atoms with Gasteiger partial charge in [0.2, 0.25) is 0 Å². The molecule has 0 saturated heterocycles. The largest absolute Gasteiger partial charge is 0.480 e. The first kappa shape index (κ1) is 17.2. The van der Waals surface area contributed by atoms with Crippen molar-refractivity contribution in [2.45, 2.75) is 20.8 Å². The molecule has 0 atom stereocenters. The molecule has 0 radical (unpaired) electrons. The van der Waals surface area contributed by atoms with E-state index in [2.05, 4.69) is 0 Å². The van der Waals surface area contributed by atoms with E-state index < -0.39 is 5.97 Å². The van der Waals surface area contributed by atoms with Gasteiger partial charge in [-0.25, -0.2) is 0 Å². The number of carboxylic acid groups (broad SMARTS) is 1. The zero-order valence-corrected chi connectivity index (χ0v) is 13.4. The molecular formula is C16H24N2O3.